The minimum Gasteiger partial charge on any atom is -0.456 e. The van der Waals surface area contributed by atoms with E-state index in [-0.39, 0.29) is 0 Å². The van der Waals surface area contributed by atoms with E-state index in [4.69, 9.17) is 9.40 Å². The molecule has 0 saturated heterocycles. The number of thiazole rings is 1. The Morgan fingerprint density at radius 1 is 0.442 bits per heavy atom. The van der Waals surface area contributed by atoms with Crippen molar-refractivity contribution in [3.8, 4) is 21.7 Å². The molecule has 0 atom stereocenters. The van der Waals surface area contributed by atoms with Crippen LogP contribution in [0.5, 0.6) is 0 Å². The number of benzene rings is 8. The average Bonchev–Trinajstić information content (AvgIpc) is 3.91. The maximum absolute atomic E-state index is 6.63. The minimum absolute atomic E-state index is 0.855. The van der Waals surface area contributed by atoms with Gasteiger partial charge in [0.1, 0.15) is 16.2 Å². The van der Waals surface area contributed by atoms with E-state index in [0.29, 0.717) is 0 Å². The molecule has 8 aromatic carbocycles. The maximum Gasteiger partial charge on any atom is 0.137 e. The van der Waals surface area contributed by atoms with E-state index >= 15 is 0 Å². The van der Waals surface area contributed by atoms with E-state index in [1.54, 1.807) is 11.3 Å². The fourth-order valence-electron chi connectivity index (χ4n) is 7.55. The van der Waals surface area contributed by atoms with Crippen LogP contribution in [0.2, 0.25) is 0 Å². The number of aromatic nitrogens is 1. The number of furan rings is 1. The van der Waals surface area contributed by atoms with Crippen LogP contribution in [0, 0.1) is 0 Å². The molecule has 3 heterocycles. The van der Waals surface area contributed by atoms with E-state index in [1.807, 2.05) is 11.3 Å². The first kappa shape index (κ1) is 29.5. The summed E-state index contributed by atoms with van der Waals surface area (Å²) >= 11 is 3.58. The average molecular weight is 701 g/mol. The summed E-state index contributed by atoms with van der Waals surface area (Å²) in [6.07, 6.45) is 0. The van der Waals surface area contributed by atoms with Crippen LogP contribution in [0.3, 0.4) is 0 Å². The summed E-state index contributed by atoms with van der Waals surface area (Å²) in [6, 6.07) is 60.7. The van der Waals surface area contributed by atoms with Crippen LogP contribution in [-0.4, -0.2) is 4.98 Å². The van der Waals surface area contributed by atoms with Gasteiger partial charge < -0.3 is 9.32 Å². The molecular formula is C47H28N2OS2. The lowest BCUT2D eigenvalue weighted by Crippen LogP contribution is -2.09. The maximum atomic E-state index is 6.63. The van der Waals surface area contributed by atoms with E-state index in [1.165, 1.54) is 42.1 Å². The predicted molar refractivity (Wildman–Crippen MR) is 223 cm³/mol. The van der Waals surface area contributed by atoms with Gasteiger partial charge in [0.25, 0.3) is 0 Å². The summed E-state index contributed by atoms with van der Waals surface area (Å²) in [5, 5.41) is 8.27. The van der Waals surface area contributed by atoms with Crippen molar-refractivity contribution in [1.82, 2.24) is 4.98 Å². The second kappa shape index (κ2) is 11.6. The smallest absolute Gasteiger partial charge is 0.137 e. The fourth-order valence-corrected chi connectivity index (χ4v) is 9.81. The molecule has 0 fully saturated rings. The van der Waals surface area contributed by atoms with Crippen LogP contribution >= 0.6 is 22.7 Å². The molecule has 0 radical (unpaired) electrons. The summed E-state index contributed by atoms with van der Waals surface area (Å²) in [5.74, 6) is 0. The number of rotatable bonds is 5. The lowest BCUT2D eigenvalue weighted by molar-refractivity contribution is 0.669. The number of anilines is 3. The predicted octanol–water partition coefficient (Wildman–Crippen LogP) is 14.5. The number of nitrogens with zero attached hydrogens (tertiary/aromatic N) is 2. The van der Waals surface area contributed by atoms with Crippen LogP contribution in [0.4, 0.5) is 17.1 Å². The molecule has 11 aromatic rings. The third-order valence-corrected chi connectivity index (χ3v) is 12.4. The largest absolute Gasteiger partial charge is 0.456 e. The zero-order valence-electron chi connectivity index (χ0n) is 27.8. The van der Waals surface area contributed by atoms with Crippen LogP contribution < -0.4 is 4.90 Å². The molecule has 0 aliphatic carbocycles. The second-order valence-electron chi connectivity index (χ2n) is 13.2. The Hall–Kier alpha value is -6.27. The highest BCUT2D eigenvalue weighted by Gasteiger charge is 2.19. The normalized spacial score (nSPS) is 11.8. The molecule has 11 rings (SSSR count). The van der Waals surface area contributed by atoms with Crippen molar-refractivity contribution in [2.45, 2.75) is 0 Å². The summed E-state index contributed by atoms with van der Waals surface area (Å²) in [6.45, 7) is 0. The van der Waals surface area contributed by atoms with Crippen LogP contribution in [0.25, 0.3) is 84.8 Å². The highest BCUT2D eigenvalue weighted by Crippen LogP contribution is 2.44. The van der Waals surface area contributed by atoms with E-state index in [0.717, 1.165) is 59.8 Å². The number of thiophene rings is 1. The van der Waals surface area contributed by atoms with Gasteiger partial charge in [-0.15, -0.1) is 22.7 Å². The Kier molecular flexibility index (Phi) is 6.59. The zero-order valence-corrected chi connectivity index (χ0v) is 29.4. The summed E-state index contributed by atoms with van der Waals surface area (Å²) in [7, 11) is 0. The lowest BCUT2D eigenvalue weighted by atomic mass is 10.0. The molecule has 0 aliphatic rings. The second-order valence-corrected chi connectivity index (χ2v) is 15.3. The quantitative estimate of drug-likeness (QED) is 0.179. The van der Waals surface area contributed by atoms with Crippen molar-refractivity contribution in [3.05, 3.63) is 170 Å². The molecule has 0 unspecified atom stereocenters. The van der Waals surface area contributed by atoms with Crippen LogP contribution in [0.1, 0.15) is 0 Å². The van der Waals surface area contributed by atoms with Crippen molar-refractivity contribution in [2.24, 2.45) is 0 Å². The Morgan fingerprint density at radius 3 is 2.04 bits per heavy atom. The standard InChI is InChI=1S/C47H28N2OS2/c1-2-8-29(9-3-1)31-14-18-34(19-15-31)49(35-20-16-30-10-4-5-11-32(30)26-35)36-21-23-39-42(28-36)50-41-25-24-40-46(45(39)41)52-47(48-40)33-17-22-38-37-12-6-7-13-43(37)51-44(38)27-33/h1-28H. The van der Waals surface area contributed by atoms with Gasteiger partial charge in [-0.3, -0.25) is 0 Å². The highest BCUT2D eigenvalue weighted by atomic mass is 32.1. The summed E-state index contributed by atoms with van der Waals surface area (Å²) < 4.78 is 10.4. The van der Waals surface area contributed by atoms with Gasteiger partial charge in [0.15, 0.2) is 0 Å². The van der Waals surface area contributed by atoms with Gasteiger partial charge in [0.05, 0.1) is 10.2 Å². The number of hydrogen-bond acceptors (Lipinski definition) is 5. The van der Waals surface area contributed by atoms with Crippen molar-refractivity contribution in [2.75, 3.05) is 4.90 Å². The first-order valence-corrected chi connectivity index (χ1v) is 19.0. The number of fused-ring (bicyclic) bond motifs is 9. The van der Waals surface area contributed by atoms with Gasteiger partial charge in [-0.2, -0.15) is 0 Å². The summed E-state index contributed by atoms with van der Waals surface area (Å²) in [5.41, 5.74) is 9.46. The van der Waals surface area contributed by atoms with Crippen molar-refractivity contribution < 1.29 is 4.42 Å². The molecule has 0 saturated carbocycles. The van der Waals surface area contributed by atoms with Crippen molar-refractivity contribution in [1.29, 1.82) is 0 Å². The van der Waals surface area contributed by atoms with Crippen LogP contribution in [-0.2, 0) is 0 Å². The molecule has 3 nitrogen and oxygen atoms in total. The molecule has 0 aliphatic heterocycles. The molecule has 0 N–H and O–H groups in total. The Morgan fingerprint density at radius 2 is 1.13 bits per heavy atom. The molecule has 244 valence electrons. The monoisotopic (exact) mass is 700 g/mol. The SMILES string of the molecule is c1ccc(-c2ccc(N(c3ccc4ccccc4c3)c3ccc4c(c3)oc3ccc5nc(-c6ccc7c(c6)sc6ccccc67)sc5c34)cc2)cc1. The first-order valence-electron chi connectivity index (χ1n) is 17.4. The summed E-state index contributed by atoms with van der Waals surface area (Å²) in [4.78, 5) is 7.45. The Labute approximate surface area is 307 Å². The Bertz CT molecular complexity index is 3140. The van der Waals surface area contributed by atoms with E-state index < -0.39 is 0 Å². The third-order valence-electron chi connectivity index (χ3n) is 10.1. The topological polar surface area (TPSA) is 29.3 Å². The van der Waals surface area contributed by atoms with Gasteiger partial charge >= 0.3 is 0 Å². The van der Waals surface area contributed by atoms with Gasteiger partial charge in [0.2, 0.25) is 0 Å². The fraction of sp³-hybridized carbons (Fsp3) is 0. The van der Waals surface area contributed by atoms with Crippen LogP contribution in [0.15, 0.2) is 174 Å². The molecule has 52 heavy (non-hydrogen) atoms. The van der Waals surface area contributed by atoms with Gasteiger partial charge in [0, 0.05) is 59.6 Å². The molecule has 0 spiro atoms. The highest BCUT2D eigenvalue weighted by molar-refractivity contribution is 7.26. The molecule has 0 bridgehead atoms. The Balaban J connectivity index is 1.03. The lowest BCUT2D eigenvalue weighted by Gasteiger charge is -2.26. The van der Waals surface area contributed by atoms with Crippen molar-refractivity contribution in [3.63, 3.8) is 0 Å². The molecule has 3 aromatic heterocycles. The third kappa shape index (κ3) is 4.74. The van der Waals surface area contributed by atoms with Gasteiger partial charge in [-0.1, -0.05) is 103 Å². The number of hydrogen-bond donors (Lipinski definition) is 0. The zero-order chi connectivity index (χ0) is 34.2. The van der Waals surface area contributed by atoms with Gasteiger partial charge in [-0.25, -0.2) is 4.98 Å². The van der Waals surface area contributed by atoms with Gasteiger partial charge in [-0.05, 0) is 82.6 Å². The molecule has 5 heteroatoms. The van der Waals surface area contributed by atoms with E-state index in [2.05, 4.69) is 175 Å². The van der Waals surface area contributed by atoms with E-state index in [9.17, 15) is 0 Å². The van der Waals surface area contributed by atoms with Crippen molar-refractivity contribution >= 4 is 103 Å². The minimum atomic E-state index is 0.855. The first-order chi connectivity index (χ1) is 25.7. The molecular weight excluding hydrogens is 673 g/mol. The molecule has 0 amide bonds.